The van der Waals surface area contributed by atoms with E-state index in [1.807, 2.05) is 0 Å². The summed E-state index contributed by atoms with van der Waals surface area (Å²) in [7, 11) is 1.38. The van der Waals surface area contributed by atoms with Crippen LogP contribution in [0.4, 0.5) is 5.82 Å². The van der Waals surface area contributed by atoms with E-state index in [1.165, 1.54) is 13.4 Å². The quantitative estimate of drug-likeness (QED) is 0.511. The summed E-state index contributed by atoms with van der Waals surface area (Å²) in [6.45, 7) is 0.502. The summed E-state index contributed by atoms with van der Waals surface area (Å²) in [5.74, 6) is -0.113. The molecule has 8 heteroatoms. The Balaban J connectivity index is 2.44. The summed E-state index contributed by atoms with van der Waals surface area (Å²) in [5, 5.41) is 2.85. The number of nitrogens with two attached hydrogens (primary N) is 1. The third kappa shape index (κ3) is 4.11. The molecule has 1 aromatic heterocycles. The van der Waals surface area contributed by atoms with Crippen LogP contribution in [0.15, 0.2) is 11.1 Å². The second kappa shape index (κ2) is 6.48. The molecule has 0 radical (unpaired) electrons. The van der Waals surface area contributed by atoms with Crippen molar-refractivity contribution in [3.8, 4) is 5.75 Å². The standard InChI is InChI=1S/C9H14N4O4/c1-16-7-8(12-5-13-9(7)15)11-2-3-17-4-6(10)14/h5H,2-4H2,1H3,(H2,10,14)(H2,11,12,13,15). The number of ether oxygens (including phenoxy) is 2. The number of carbonyl (C=O) groups excluding carboxylic acids is 1. The Hall–Kier alpha value is -2.09. The molecule has 0 saturated heterocycles. The highest BCUT2D eigenvalue weighted by Crippen LogP contribution is 2.13. The van der Waals surface area contributed by atoms with E-state index >= 15 is 0 Å². The number of hydrogen-bond donors (Lipinski definition) is 3. The normalized spacial score (nSPS) is 9.94. The molecule has 8 nitrogen and oxygen atoms in total. The molecule has 0 aliphatic rings. The van der Waals surface area contributed by atoms with Crippen LogP contribution in [-0.4, -0.2) is 42.7 Å². The summed E-state index contributed by atoms with van der Waals surface area (Å²) in [6, 6.07) is 0. The van der Waals surface area contributed by atoms with Crippen molar-refractivity contribution < 1.29 is 14.3 Å². The predicted octanol–water partition coefficient (Wildman–Crippen LogP) is -1.31. The molecule has 1 amide bonds. The third-order valence-electron chi connectivity index (χ3n) is 1.80. The largest absolute Gasteiger partial charge is 0.489 e. The first-order valence-electron chi connectivity index (χ1n) is 4.86. The van der Waals surface area contributed by atoms with E-state index in [2.05, 4.69) is 15.3 Å². The summed E-state index contributed by atoms with van der Waals surface area (Å²) in [6.07, 6.45) is 1.26. The molecule has 0 bridgehead atoms. The fourth-order valence-corrected chi connectivity index (χ4v) is 1.12. The molecule has 0 aliphatic carbocycles. The van der Waals surface area contributed by atoms with Gasteiger partial charge >= 0.3 is 0 Å². The van der Waals surface area contributed by atoms with Gasteiger partial charge in [0.15, 0.2) is 5.82 Å². The minimum Gasteiger partial charge on any atom is -0.489 e. The number of anilines is 1. The van der Waals surface area contributed by atoms with Crippen molar-refractivity contribution in [1.82, 2.24) is 9.97 Å². The summed E-state index contributed by atoms with van der Waals surface area (Å²) >= 11 is 0. The van der Waals surface area contributed by atoms with E-state index < -0.39 is 5.91 Å². The van der Waals surface area contributed by atoms with E-state index in [0.717, 1.165) is 0 Å². The Kier molecular flexibility index (Phi) is 4.95. The van der Waals surface area contributed by atoms with E-state index in [1.54, 1.807) is 0 Å². The lowest BCUT2D eigenvalue weighted by atomic mass is 10.5. The highest BCUT2D eigenvalue weighted by atomic mass is 16.5. The van der Waals surface area contributed by atoms with Gasteiger partial charge in [0.1, 0.15) is 6.61 Å². The summed E-state index contributed by atoms with van der Waals surface area (Å²) in [4.78, 5) is 28.0. The van der Waals surface area contributed by atoms with E-state index in [4.69, 9.17) is 15.2 Å². The van der Waals surface area contributed by atoms with Gasteiger partial charge in [0.05, 0.1) is 20.0 Å². The maximum Gasteiger partial charge on any atom is 0.295 e. The van der Waals surface area contributed by atoms with Gasteiger partial charge in [-0.15, -0.1) is 0 Å². The first kappa shape index (κ1) is 13.0. The fourth-order valence-electron chi connectivity index (χ4n) is 1.12. The van der Waals surface area contributed by atoms with Crippen LogP contribution in [0.3, 0.4) is 0 Å². The van der Waals surface area contributed by atoms with Gasteiger partial charge in [0.25, 0.3) is 5.56 Å². The second-order valence-electron chi connectivity index (χ2n) is 3.06. The second-order valence-corrected chi connectivity index (χ2v) is 3.06. The molecule has 4 N–H and O–H groups in total. The van der Waals surface area contributed by atoms with Crippen molar-refractivity contribution >= 4 is 11.7 Å². The minimum absolute atomic E-state index is 0.0994. The molecule has 0 saturated carbocycles. The number of aromatic nitrogens is 2. The van der Waals surface area contributed by atoms with Gasteiger partial charge < -0.3 is 25.5 Å². The van der Waals surface area contributed by atoms with E-state index in [9.17, 15) is 9.59 Å². The Morgan fingerprint density at radius 2 is 2.41 bits per heavy atom. The van der Waals surface area contributed by atoms with Gasteiger partial charge in [-0.2, -0.15) is 0 Å². The lowest BCUT2D eigenvalue weighted by Gasteiger charge is -2.08. The number of nitrogens with zero attached hydrogens (tertiary/aromatic N) is 1. The molecule has 0 aliphatic heterocycles. The van der Waals surface area contributed by atoms with E-state index in [-0.39, 0.29) is 24.5 Å². The van der Waals surface area contributed by atoms with Gasteiger partial charge in [-0.1, -0.05) is 0 Å². The Labute approximate surface area is 97.1 Å². The molecule has 0 spiro atoms. The number of nitrogens with one attached hydrogen (secondary N) is 2. The molecular formula is C9H14N4O4. The van der Waals surface area contributed by atoms with Crippen molar-refractivity contribution in [2.24, 2.45) is 5.73 Å². The van der Waals surface area contributed by atoms with Crippen LogP contribution in [-0.2, 0) is 9.53 Å². The van der Waals surface area contributed by atoms with Crippen molar-refractivity contribution in [3.05, 3.63) is 16.7 Å². The van der Waals surface area contributed by atoms with Gasteiger partial charge in [0.2, 0.25) is 11.7 Å². The molecule has 0 fully saturated rings. The van der Waals surface area contributed by atoms with Crippen molar-refractivity contribution in [1.29, 1.82) is 0 Å². The molecule has 0 atom stereocenters. The van der Waals surface area contributed by atoms with Crippen LogP contribution in [0.5, 0.6) is 5.75 Å². The van der Waals surface area contributed by atoms with Gasteiger partial charge in [-0.25, -0.2) is 4.98 Å². The third-order valence-corrected chi connectivity index (χ3v) is 1.80. The SMILES string of the molecule is COc1c(NCCOCC(N)=O)nc[nH]c1=O. The number of rotatable bonds is 7. The predicted molar refractivity (Wildman–Crippen MR) is 59.9 cm³/mol. The smallest absolute Gasteiger partial charge is 0.295 e. The fraction of sp³-hybridized carbons (Fsp3) is 0.444. The Bertz CT molecular complexity index is 431. The van der Waals surface area contributed by atoms with Crippen molar-refractivity contribution in [2.45, 2.75) is 0 Å². The maximum absolute atomic E-state index is 11.3. The first-order chi connectivity index (χ1) is 8.15. The Morgan fingerprint density at radius 1 is 1.65 bits per heavy atom. The zero-order chi connectivity index (χ0) is 12.7. The molecular weight excluding hydrogens is 228 g/mol. The molecule has 0 unspecified atom stereocenters. The summed E-state index contributed by atoms with van der Waals surface area (Å²) in [5.41, 5.74) is 4.52. The maximum atomic E-state index is 11.3. The van der Waals surface area contributed by atoms with Crippen LogP contribution < -0.4 is 21.3 Å². The molecule has 1 heterocycles. The van der Waals surface area contributed by atoms with Crippen LogP contribution in [0, 0.1) is 0 Å². The average Bonchev–Trinajstić information content (AvgIpc) is 2.28. The first-order valence-corrected chi connectivity index (χ1v) is 4.86. The lowest BCUT2D eigenvalue weighted by molar-refractivity contribution is -0.122. The van der Waals surface area contributed by atoms with Crippen LogP contribution in [0.2, 0.25) is 0 Å². The number of H-pyrrole nitrogens is 1. The number of carbonyl (C=O) groups is 1. The number of methoxy groups -OCH3 is 1. The molecule has 94 valence electrons. The zero-order valence-corrected chi connectivity index (χ0v) is 9.36. The van der Waals surface area contributed by atoms with Crippen LogP contribution in [0.1, 0.15) is 0 Å². The number of hydrogen-bond acceptors (Lipinski definition) is 6. The van der Waals surface area contributed by atoms with Gasteiger partial charge in [-0.05, 0) is 0 Å². The van der Waals surface area contributed by atoms with E-state index in [0.29, 0.717) is 12.4 Å². The molecule has 17 heavy (non-hydrogen) atoms. The van der Waals surface area contributed by atoms with Gasteiger partial charge in [0, 0.05) is 6.54 Å². The highest BCUT2D eigenvalue weighted by molar-refractivity contribution is 5.74. The minimum atomic E-state index is -0.531. The van der Waals surface area contributed by atoms with Crippen LogP contribution in [0.25, 0.3) is 0 Å². The topological polar surface area (TPSA) is 119 Å². The zero-order valence-electron chi connectivity index (χ0n) is 9.36. The van der Waals surface area contributed by atoms with Crippen molar-refractivity contribution in [2.75, 3.05) is 32.2 Å². The lowest BCUT2D eigenvalue weighted by Crippen LogP contribution is -2.21. The van der Waals surface area contributed by atoms with Crippen molar-refractivity contribution in [3.63, 3.8) is 0 Å². The highest BCUT2D eigenvalue weighted by Gasteiger charge is 2.07. The number of primary amides is 1. The Morgan fingerprint density at radius 3 is 3.06 bits per heavy atom. The average molecular weight is 242 g/mol. The molecule has 1 rings (SSSR count). The molecule has 0 aromatic carbocycles. The van der Waals surface area contributed by atoms with Gasteiger partial charge in [-0.3, -0.25) is 9.59 Å². The molecule has 1 aromatic rings. The number of amides is 1. The van der Waals surface area contributed by atoms with Crippen LogP contribution >= 0.6 is 0 Å². The summed E-state index contributed by atoms with van der Waals surface area (Å²) < 4.78 is 9.82. The number of aromatic amines is 1. The monoisotopic (exact) mass is 242 g/mol.